The largest absolute Gasteiger partial charge is 0.494 e. The summed E-state index contributed by atoms with van der Waals surface area (Å²) < 4.78 is 8.18. The molecule has 5 rings (SSSR count). The molecule has 0 saturated heterocycles. The van der Waals surface area contributed by atoms with Gasteiger partial charge in [0.15, 0.2) is 5.13 Å². The summed E-state index contributed by atoms with van der Waals surface area (Å²) in [7, 11) is 0. The molecule has 0 fully saturated rings. The zero-order valence-corrected chi connectivity index (χ0v) is 16.5. The molecule has 2 heterocycles. The fourth-order valence-electron chi connectivity index (χ4n) is 3.34. The molecule has 142 valence electrons. The Balaban J connectivity index is 1.80. The molecule has 0 unspecified atom stereocenters. The van der Waals surface area contributed by atoms with Gasteiger partial charge in [-0.3, -0.25) is 4.79 Å². The number of thiazole rings is 1. The van der Waals surface area contributed by atoms with Crippen LogP contribution >= 0.6 is 11.3 Å². The van der Waals surface area contributed by atoms with Crippen LogP contribution in [0.25, 0.3) is 37.6 Å². The summed E-state index contributed by atoms with van der Waals surface area (Å²) in [4.78, 5) is 23.0. The number of rotatable bonds is 4. The molecule has 5 aromatic rings. The Bertz CT molecular complexity index is 1390. The third kappa shape index (κ3) is 3.07. The molecule has 0 atom stereocenters. The SMILES string of the molecule is CCOc1ccc2nc(-n3c(-c4ccccc4)nc4ccccc4c3=O)sc2c1. The minimum absolute atomic E-state index is 0.126. The van der Waals surface area contributed by atoms with E-state index in [0.717, 1.165) is 21.5 Å². The van der Waals surface area contributed by atoms with Gasteiger partial charge in [-0.1, -0.05) is 53.8 Å². The third-order valence-electron chi connectivity index (χ3n) is 4.66. The molecule has 0 aliphatic rings. The monoisotopic (exact) mass is 399 g/mol. The Morgan fingerprint density at radius 2 is 1.72 bits per heavy atom. The van der Waals surface area contributed by atoms with Crippen molar-refractivity contribution in [2.24, 2.45) is 0 Å². The first-order chi connectivity index (χ1) is 14.2. The highest BCUT2D eigenvalue weighted by Crippen LogP contribution is 2.30. The molecular formula is C23H17N3O2S. The van der Waals surface area contributed by atoms with E-state index in [1.165, 1.54) is 11.3 Å². The Kier molecular flexibility index (Phi) is 4.33. The molecular weight excluding hydrogens is 382 g/mol. The van der Waals surface area contributed by atoms with E-state index in [0.29, 0.717) is 28.5 Å². The molecule has 0 amide bonds. The van der Waals surface area contributed by atoms with Crippen LogP contribution in [0.4, 0.5) is 0 Å². The zero-order chi connectivity index (χ0) is 19.8. The summed E-state index contributed by atoms with van der Waals surface area (Å²) in [6, 6.07) is 22.9. The number of benzene rings is 3. The average molecular weight is 399 g/mol. The highest BCUT2D eigenvalue weighted by atomic mass is 32.1. The van der Waals surface area contributed by atoms with Crippen molar-refractivity contribution in [1.82, 2.24) is 14.5 Å². The number of nitrogens with zero attached hydrogens (tertiary/aromatic N) is 3. The van der Waals surface area contributed by atoms with Crippen molar-refractivity contribution in [3.05, 3.63) is 83.2 Å². The Labute approximate surface area is 170 Å². The van der Waals surface area contributed by atoms with Gasteiger partial charge in [0.25, 0.3) is 5.56 Å². The first-order valence-corrected chi connectivity index (χ1v) is 10.2. The lowest BCUT2D eigenvalue weighted by Gasteiger charge is -2.11. The number of ether oxygens (including phenoxy) is 1. The predicted octanol–water partition coefficient (Wildman–Crippen LogP) is 5.06. The second kappa shape index (κ2) is 7.14. The highest BCUT2D eigenvalue weighted by Gasteiger charge is 2.17. The van der Waals surface area contributed by atoms with Crippen LogP contribution in [0.5, 0.6) is 5.75 Å². The van der Waals surface area contributed by atoms with Gasteiger partial charge in [-0.15, -0.1) is 0 Å². The van der Waals surface area contributed by atoms with E-state index >= 15 is 0 Å². The lowest BCUT2D eigenvalue weighted by Crippen LogP contribution is -2.21. The summed E-state index contributed by atoms with van der Waals surface area (Å²) >= 11 is 1.45. The lowest BCUT2D eigenvalue weighted by molar-refractivity contribution is 0.341. The van der Waals surface area contributed by atoms with E-state index in [9.17, 15) is 4.79 Å². The first kappa shape index (κ1) is 17.6. The van der Waals surface area contributed by atoms with Crippen LogP contribution in [0.1, 0.15) is 6.92 Å². The topological polar surface area (TPSA) is 57.0 Å². The molecule has 0 bridgehead atoms. The number of para-hydroxylation sites is 1. The normalized spacial score (nSPS) is 11.2. The van der Waals surface area contributed by atoms with Crippen molar-refractivity contribution >= 4 is 32.5 Å². The van der Waals surface area contributed by atoms with Crippen LogP contribution in [-0.2, 0) is 0 Å². The van der Waals surface area contributed by atoms with Crippen LogP contribution in [0.2, 0.25) is 0 Å². The highest BCUT2D eigenvalue weighted by molar-refractivity contribution is 7.20. The van der Waals surface area contributed by atoms with Crippen LogP contribution in [0, 0.1) is 0 Å². The minimum atomic E-state index is -0.126. The molecule has 0 aliphatic heterocycles. The molecule has 0 spiro atoms. The van der Waals surface area contributed by atoms with Crippen molar-refractivity contribution in [2.45, 2.75) is 6.92 Å². The summed E-state index contributed by atoms with van der Waals surface area (Å²) in [5, 5.41) is 1.16. The van der Waals surface area contributed by atoms with Crippen molar-refractivity contribution in [2.75, 3.05) is 6.61 Å². The van der Waals surface area contributed by atoms with Crippen LogP contribution in [-0.4, -0.2) is 21.1 Å². The Morgan fingerprint density at radius 3 is 2.55 bits per heavy atom. The van der Waals surface area contributed by atoms with Crippen molar-refractivity contribution < 1.29 is 4.74 Å². The van der Waals surface area contributed by atoms with E-state index < -0.39 is 0 Å². The first-order valence-electron chi connectivity index (χ1n) is 9.35. The van der Waals surface area contributed by atoms with Crippen LogP contribution < -0.4 is 10.3 Å². The molecule has 0 saturated carbocycles. The van der Waals surface area contributed by atoms with E-state index in [1.807, 2.05) is 73.7 Å². The van der Waals surface area contributed by atoms with Gasteiger partial charge in [-0.05, 0) is 37.3 Å². The molecule has 0 aliphatic carbocycles. The smallest absolute Gasteiger partial charge is 0.268 e. The van der Waals surface area contributed by atoms with E-state index in [-0.39, 0.29) is 5.56 Å². The van der Waals surface area contributed by atoms with Crippen LogP contribution in [0.15, 0.2) is 77.6 Å². The predicted molar refractivity (Wildman–Crippen MR) is 117 cm³/mol. The van der Waals surface area contributed by atoms with Gasteiger partial charge in [0, 0.05) is 5.56 Å². The van der Waals surface area contributed by atoms with Crippen molar-refractivity contribution in [3.8, 4) is 22.3 Å². The fourth-order valence-corrected chi connectivity index (χ4v) is 4.33. The quantitative estimate of drug-likeness (QED) is 0.424. The maximum Gasteiger partial charge on any atom is 0.268 e. The van der Waals surface area contributed by atoms with Gasteiger partial charge in [-0.25, -0.2) is 14.5 Å². The maximum atomic E-state index is 13.4. The second-order valence-corrected chi connectivity index (χ2v) is 7.53. The van der Waals surface area contributed by atoms with E-state index in [1.54, 1.807) is 10.6 Å². The van der Waals surface area contributed by atoms with Crippen molar-refractivity contribution in [3.63, 3.8) is 0 Å². The van der Waals surface area contributed by atoms with E-state index in [4.69, 9.17) is 14.7 Å². The summed E-state index contributed by atoms with van der Waals surface area (Å²) in [6.45, 7) is 2.55. The average Bonchev–Trinajstić information content (AvgIpc) is 3.17. The minimum Gasteiger partial charge on any atom is -0.494 e. The number of aromatic nitrogens is 3. The molecule has 2 aromatic heterocycles. The van der Waals surface area contributed by atoms with Gasteiger partial charge in [0.1, 0.15) is 11.6 Å². The second-order valence-electron chi connectivity index (χ2n) is 6.52. The maximum absolute atomic E-state index is 13.4. The van der Waals surface area contributed by atoms with Gasteiger partial charge < -0.3 is 4.74 Å². The van der Waals surface area contributed by atoms with Gasteiger partial charge in [-0.2, -0.15) is 0 Å². The van der Waals surface area contributed by atoms with E-state index in [2.05, 4.69) is 0 Å². The summed E-state index contributed by atoms with van der Waals surface area (Å²) in [5.74, 6) is 1.38. The van der Waals surface area contributed by atoms with Gasteiger partial charge in [0.2, 0.25) is 0 Å². The van der Waals surface area contributed by atoms with Gasteiger partial charge >= 0.3 is 0 Å². The summed E-state index contributed by atoms with van der Waals surface area (Å²) in [6.07, 6.45) is 0. The number of hydrogen-bond acceptors (Lipinski definition) is 5. The fraction of sp³-hybridized carbons (Fsp3) is 0.0870. The lowest BCUT2D eigenvalue weighted by atomic mass is 10.2. The molecule has 3 aromatic carbocycles. The van der Waals surface area contributed by atoms with Gasteiger partial charge in [0.05, 0.1) is 27.7 Å². The Morgan fingerprint density at radius 1 is 0.931 bits per heavy atom. The van der Waals surface area contributed by atoms with Crippen LogP contribution in [0.3, 0.4) is 0 Å². The van der Waals surface area contributed by atoms with Crippen molar-refractivity contribution in [1.29, 1.82) is 0 Å². The third-order valence-corrected chi connectivity index (χ3v) is 5.66. The molecule has 0 radical (unpaired) electrons. The Hall–Kier alpha value is -3.51. The molecule has 29 heavy (non-hydrogen) atoms. The summed E-state index contributed by atoms with van der Waals surface area (Å²) in [5.41, 5.74) is 2.24. The standard InChI is InChI=1S/C23H17N3O2S/c1-2-28-16-12-13-19-20(14-16)29-23(25-19)26-21(15-8-4-3-5-9-15)24-18-11-7-6-10-17(18)22(26)27/h3-14H,2H2,1H3. The molecule has 0 N–H and O–H groups in total. The number of hydrogen-bond donors (Lipinski definition) is 0. The molecule has 6 heteroatoms. The number of fused-ring (bicyclic) bond motifs is 2. The zero-order valence-electron chi connectivity index (χ0n) is 15.7. The molecule has 5 nitrogen and oxygen atoms in total.